The number of esters is 1. The number of rotatable bonds is 81. The Labute approximate surface area is 566 Å². The molecule has 0 bridgehead atoms. The molecule has 6 heteroatoms. The first-order valence-electron chi connectivity index (χ1n) is 42.3. The first-order chi connectivity index (χ1) is 44.5. The molecule has 3 N–H and O–H groups in total. The molecule has 6 nitrogen and oxygen atoms in total. The van der Waals surface area contributed by atoms with Crippen LogP contribution < -0.4 is 5.32 Å². The highest BCUT2D eigenvalue weighted by Gasteiger charge is 2.20. The molecular weight excluding hydrogens is 1100 g/mol. The smallest absolute Gasteiger partial charge is 0.305 e. The van der Waals surface area contributed by atoms with Crippen molar-refractivity contribution in [2.24, 2.45) is 0 Å². The van der Waals surface area contributed by atoms with Gasteiger partial charge in [-0.15, -0.1) is 0 Å². The fourth-order valence-electron chi connectivity index (χ4n) is 14.0. The fraction of sp³-hybridized carbons (Fsp3) is 0.976. The number of ether oxygens (including phenoxy) is 1. The summed E-state index contributed by atoms with van der Waals surface area (Å²) in [6.45, 7) is 5.02. The fourth-order valence-corrected chi connectivity index (χ4v) is 14.0. The number of carbonyl (C=O) groups is 2. The Morgan fingerprint density at radius 1 is 0.267 bits per heavy atom. The van der Waals surface area contributed by atoms with Gasteiger partial charge in [0.25, 0.3) is 0 Å². The van der Waals surface area contributed by atoms with E-state index in [1.165, 1.54) is 430 Å². The van der Waals surface area contributed by atoms with Crippen molar-refractivity contribution in [3.63, 3.8) is 0 Å². The molecular formula is C84H167NO5. The van der Waals surface area contributed by atoms with Crippen molar-refractivity contribution in [3.05, 3.63) is 0 Å². The van der Waals surface area contributed by atoms with Crippen LogP contribution in [0.3, 0.4) is 0 Å². The third kappa shape index (κ3) is 75.9. The van der Waals surface area contributed by atoms with E-state index in [-0.39, 0.29) is 18.5 Å². The van der Waals surface area contributed by atoms with Crippen molar-refractivity contribution < 1.29 is 24.5 Å². The molecule has 0 aromatic rings. The minimum Gasteiger partial charge on any atom is -0.466 e. The van der Waals surface area contributed by atoms with Gasteiger partial charge in [0, 0.05) is 12.8 Å². The van der Waals surface area contributed by atoms with E-state index in [1.54, 1.807) is 0 Å². The summed E-state index contributed by atoms with van der Waals surface area (Å²) >= 11 is 0. The number of carbonyl (C=O) groups excluding carboxylic acids is 2. The van der Waals surface area contributed by atoms with Crippen LogP contribution in [0, 0.1) is 0 Å². The van der Waals surface area contributed by atoms with Gasteiger partial charge in [0.15, 0.2) is 0 Å². The van der Waals surface area contributed by atoms with Gasteiger partial charge < -0.3 is 20.3 Å². The first kappa shape index (κ1) is 88.9. The van der Waals surface area contributed by atoms with E-state index in [9.17, 15) is 19.8 Å². The minimum absolute atomic E-state index is 0.0223. The summed E-state index contributed by atoms with van der Waals surface area (Å²) in [7, 11) is 0. The van der Waals surface area contributed by atoms with Gasteiger partial charge in [-0.1, -0.05) is 463 Å². The van der Waals surface area contributed by atoms with E-state index in [0.717, 1.165) is 38.5 Å². The number of hydrogen-bond acceptors (Lipinski definition) is 5. The van der Waals surface area contributed by atoms with Crippen molar-refractivity contribution in [1.29, 1.82) is 0 Å². The molecule has 0 radical (unpaired) electrons. The summed E-state index contributed by atoms with van der Waals surface area (Å²) in [5.41, 5.74) is 0. The van der Waals surface area contributed by atoms with Crippen LogP contribution in [0.15, 0.2) is 0 Å². The van der Waals surface area contributed by atoms with Gasteiger partial charge in [-0.05, 0) is 25.7 Å². The second-order valence-corrected chi connectivity index (χ2v) is 29.5. The normalized spacial score (nSPS) is 12.4. The molecule has 90 heavy (non-hydrogen) atoms. The van der Waals surface area contributed by atoms with Crippen LogP contribution in [0.1, 0.15) is 502 Å². The first-order valence-corrected chi connectivity index (χ1v) is 42.3. The minimum atomic E-state index is -0.660. The number of hydrogen-bond donors (Lipinski definition) is 3. The van der Waals surface area contributed by atoms with Crippen molar-refractivity contribution >= 4 is 11.9 Å². The van der Waals surface area contributed by atoms with Crippen molar-refractivity contribution in [1.82, 2.24) is 5.32 Å². The van der Waals surface area contributed by atoms with Crippen molar-refractivity contribution in [2.45, 2.75) is 514 Å². The Bertz CT molecular complexity index is 1320. The van der Waals surface area contributed by atoms with E-state index in [4.69, 9.17) is 4.74 Å². The van der Waals surface area contributed by atoms with Gasteiger partial charge in [-0.3, -0.25) is 9.59 Å². The number of amides is 1. The van der Waals surface area contributed by atoms with Crippen LogP contribution in [-0.2, 0) is 14.3 Å². The summed E-state index contributed by atoms with van der Waals surface area (Å²) < 4.78 is 5.49. The predicted molar refractivity (Wildman–Crippen MR) is 398 cm³/mol. The molecule has 0 saturated carbocycles. The maximum absolute atomic E-state index is 12.6. The second-order valence-electron chi connectivity index (χ2n) is 29.5. The molecule has 0 aromatic carbocycles. The van der Waals surface area contributed by atoms with Gasteiger partial charge in [-0.25, -0.2) is 0 Å². The number of unbranched alkanes of at least 4 members (excludes halogenated alkanes) is 70. The maximum Gasteiger partial charge on any atom is 0.305 e. The van der Waals surface area contributed by atoms with Crippen LogP contribution in [0.25, 0.3) is 0 Å². The Hall–Kier alpha value is -1.14. The van der Waals surface area contributed by atoms with E-state index in [0.29, 0.717) is 25.9 Å². The van der Waals surface area contributed by atoms with Gasteiger partial charge in [0.05, 0.1) is 25.4 Å². The van der Waals surface area contributed by atoms with Crippen LogP contribution in [0.4, 0.5) is 0 Å². The standard InChI is InChI=1S/C84H167NO5/c1-3-5-7-9-11-13-15-17-18-19-20-21-41-44-47-50-53-56-60-64-68-72-76-82(87)81(80-86)85-83(88)77-73-69-65-61-57-54-51-48-45-42-39-37-35-33-31-29-27-25-23-22-24-26-28-30-32-34-36-38-40-43-46-49-52-55-59-63-67-71-75-79-90-84(89)78-74-70-66-62-58-16-14-12-10-8-6-4-2/h81-82,86-87H,3-80H2,1-2H3,(H,85,88). The molecule has 0 heterocycles. The second kappa shape index (κ2) is 80.3. The zero-order chi connectivity index (χ0) is 64.9. The molecule has 0 aromatic heterocycles. The average Bonchev–Trinajstić information content (AvgIpc) is 3.58. The number of aliphatic hydroxyl groups excluding tert-OH is 2. The predicted octanol–water partition coefficient (Wildman–Crippen LogP) is 28.1. The zero-order valence-corrected chi connectivity index (χ0v) is 61.9. The van der Waals surface area contributed by atoms with Gasteiger partial charge in [-0.2, -0.15) is 0 Å². The summed E-state index contributed by atoms with van der Waals surface area (Å²) in [4.78, 5) is 24.6. The highest BCUT2D eigenvalue weighted by atomic mass is 16.5. The summed E-state index contributed by atoms with van der Waals surface area (Å²) in [6, 6.07) is -0.537. The zero-order valence-electron chi connectivity index (χ0n) is 61.9. The highest BCUT2D eigenvalue weighted by Crippen LogP contribution is 2.21. The molecule has 0 saturated heterocycles. The number of aliphatic hydroxyl groups is 2. The van der Waals surface area contributed by atoms with E-state index in [1.807, 2.05) is 0 Å². The topological polar surface area (TPSA) is 95.9 Å². The maximum atomic E-state index is 12.6. The summed E-state index contributed by atoms with van der Waals surface area (Å²) in [6.07, 6.45) is 101. The Kier molecular flexibility index (Phi) is 79.3. The van der Waals surface area contributed by atoms with Gasteiger partial charge >= 0.3 is 5.97 Å². The Morgan fingerprint density at radius 2 is 0.456 bits per heavy atom. The highest BCUT2D eigenvalue weighted by molar-refractivity contribution is 5.76. The SMILES string of the molecule is CCCCCCCCCCCCCCCCCCCCCCCCC(O)C(CO)NC(=O)CCCCCCCCCCCCCCCCCCCCCCCCCCCCCCCCCCCCCCCCCOC(=O)CCCCCCCCCCCCCC. The lowest BCUT2D eigenvalue weighted by molar-refractivity contribution is -0.143. The Balaban J connectivity index is 3.29. The number of nitrogens with one attached hydrogen (secondary N) is 1. The largest absolute Gasteiger partial charge is 0.466 e. The molecule has 0 spiro atoms. The molecule has 0 aliphatic heterocycles. The average molecular weight is 1270 g/mol. The van der Waals surface area contributed by atoms with Crippen LogP contribution in [0.2, 0.25) is 0 Å². The molecule has 0 fully saturated rings. The third-order valence-electron chi connectivity index (χ3n) is 20.4. The van der Waals surface area contributed by atoms with Crippen LogP contribution in [-0.4, -0.2) is 47.4 Å². The van der Waals surface area contributed by atoms with Gasteiger partial charge in [0.2, 0.25) is 5.91 Å². The molecule has 0 rings (SSSR count). The molecule has 0 aliphatic rings. The van der Waals surface area contributed by atoms with Crippen molar-refractivity contribution in [3.8, 4) is 0 Å². The van der Waals surface area contributed by atoms with E-state index < -0.39 is 12.1 Å². The van der Waals surface area contributed by atoms with Crippen LogP contribution >= 0.6 is 0 Å². The molecule has 1 amide bonds. The van der Waals surface area contributed by atoms with Crippen molar-refractivity contribution in [2.75, 3.05) is 13.2 Å². The van der Waals surface area contributed by atoms with Gasteiger partial charge in [0.1, 0.15) is 0 Å². The Morgan fingerprint density at radius 3 is 0.678 bits per heavy atom. The molecule has 2 atom stereocenters. The summed E-state index contributed by atoms with van der Waals surface area (Å²) in [5, 5.41) is 23.5. The molecule has 0 aliphatic carbocycles. The van der Waals surface area contributed by atoms with E-state index in [2.05, 4.69) is 19.2 Å². The van der Waals surface area contributed by atoms with E-state index >= 15 is 0 Å². The summed E-state index contributed by atoms with van der Waals surface area (Å²) in [5.74, 6) is 0.00388. The lowest BCUT2D eigenvalue weighted by Crippen LogP contribution is -2.45. The monoisotopic (exact) mass is 1270 g/mol. The van der Waals surface area contributed by atoms with Crippen LogP contribution in [0.5, 0.6) is 0 Å². The molecule has 2 unspecified atom stereocenters. The lowest BCUT2D eigenvalue weighted by atomic mass is 10.0. The lowest BCUT2D eigenvalue weighted by Gasteiger charge is -2.22. The molecule has 538 valence electrons. The third-order valence-corrected chi connectivity index (χ3v) is 20.4. The quantitative estimate of drug-likeness (QED) is 0.0417.